The zero-order valence-corrected chi connectivity index (χ0v) is 19.7. The molecule has 1 amide bonds. The highest BCUT2D eigenvalue weighted by Gasteiger charge is 2.35. The van der Waals surface area contributed by atoms with Gasteiger partial charge in [0.15, 0.2) is 5.84 Å². The van der Waals surface area contributed by atoms with Crippen LogP contribution in [0.15, 0.2) is 39.9 Å². The molecule has 1 aromatic carbocycles. The minimum atomic E-state index is -0.405. The van der Waals surface area contributed by atoms with Gasteiger partial charge in [-0.15, -0.1) is 0 Å². The lowest BCUT2D eigenvalue weighted by atomic mass is 10.1. The number of carbonyl (C=O) groups excluding carboxylic acids is 1. The van der Waals surface area contributed by atoms with Crippen molar-refractivity contribution in [1.29, 1.82) is 5.41 Å². The number of aryl methyl sites for hydroxylation is 2. The molecule has 3 heterocycles. The van der Waals surface area contributed by atoms with Gasteiger partial charge in [0.05, 0.1) is 5.57 Å². The number of carbonyl (C=O) groups is 1. The standard InChI is InChI=1S/C23H24ClN5OS/c1-12(2)8-20-27-29-21(25)18(22(30)26-23(29)31-20)11-16-10-14(4)28(15(16)5)19-7-6-17(24)9-13(19)3/h6-7,9-12,25H,8H2,1-5H3/b18-11-,25-21?. The van der Waals surface area contributed by atoms with Gasteiger partial charge in [-0.1, -0.05) is 25.4 Å². The summed E-state index contributed by atoms with van der Waals surface area (Å²) in [6.07, 6.45) is 2.54. The van der Waals surface area contributed by atoms with Gasteiger partial charge < -0.3 is 4.57 Å². The molecule has 1 aromatic heterocycles. The summed E-state index contributed by atoms with van der Waals surface area (Å²) in [6.45, 7) is 10.3. The molecule has 2 aromatic rings. The van der Waals surface area contributed by atoms with Crippen molar-refractivity contribution in [2.45, 2.75) is 41.0 Å². The number of aromatic nitrogens is 1. The number of benzene rings is 1. The van der Waals surface area contributed by atoms with Crippen molar-refractivity contribution in [1.82, 2.24) is 9.58 Å². The Morgan fingerprint density at radius 1 is 1.23 bits per heavy atom. The number of amides is 1. The average molecular weight is 454 g/mol. The van der Waals surface area contributed by atoms with Crippen molar-refractivity contribution in [3.63, 3.8) is 0 Å². The summed E-state index contributed by atoms with van der Waals surface area (Å²) in [5.41, 5.74) is 5.22. The van der Waals surface area contributed by atoms with E-state index < -0.39 is 5.91 Å². The summed E-state index contributed by atoms with van der Waals surface area (Å²) in [7, 11) is 0. The van der Waals surface area contributed by atoms with Gasteiger partial charge in [-0.25, -0.2) is 0 Å². The van der Waals surface area contributed by atoms with Crippen LogP contribution in [0.5, 0.6) is 0 Å². The van der Waals surface area contributed by atoms with Gasteiger partial charge in [-0.3, -0.25) is 10.2 Å². The number of hydrazone groups is 1. The highest BCUT2D eigenvalue weighted by molar-refractivity contribution is 8.26. The van der Waals surface area contributed by atoms with Crippen LogP contribution >= 0.6 is 23.4 Å². The molecule has 31 heavy (non-hydrogen) atoms. The van der Waals surface area contributed by atoms with E-state index in [2.05, 4.69) is 28.5 Å². The topological polar surface area (TPSA) is 73.8 Å². The molecule has 160 valence electrons. The van der Waals surface area contributed by atoms with Crippen LogP contribution in [0.3, 0.4) is 0 Å². The van der Waals surface area contributed by atoms with E-state index in [1.54, 1.807) is 6.08 Å². The average Bonchev–Trinajstić information content (AvgIpc) is 3.19. The van der Waals surface area contributed by atoms with Gasteiger partial charge in [0, 0.05) is 28.5 Å². The zero-order chi connectivity index (χ0) is 22.4. The lowest BCUT2D eigenvalue weighted by Crippen LogP contribution is -2.35. The Labute approximate surface area is 191 Å². The largest absolute Gasteiger partial charge is 0.318 e. The second-order valence-corrected chi connectivity index (χ2v) is 9.68. The van der Waals surface area contributed by atoms with Crippen LogP contribution in [0.2, 0.25) is 5.02 Å². The third kappa shape index (κ3) is 4.00. The molecule has 1 N–H and O–H groups in total. The fourth-order valence-electron chi connectivity index (χ4n) is 3.79. The van der Waals surface area contributed by atoms with E-state index in [1.165, 1.54) is 16.8 Å². The van der Waals surface area contributed by atoms with Crippen molar-refractivity contribution in [3.05, 3.63) is 57.4 Å². The third-order valence-electron chi connectivity index (χ3n) is 5.25. The Bertz CT molecular complexity index is 1200. The lowest BCUT2D eigenvalue weighted by Gasteiger charge is -2.20. The zero-order valence-electron chi connectivity index (χ0n) is 18.2. The summed E-state index contributed by atoms with van der Waals surface area (Å²) in [6, 6.07) is 7.81. The first-order chi connectivity index (χ1) is 14.7. The first-order valence-corrected chi connectivity index (χ1v) is 11.3. The Hall–Kier alpha value is -2.64. The number of nitrogens with zero attached hydrogens (tertiary/aromatic N) is 4. The number of fused-ring (bicyclic) bond motifs is 1. The Morgan fingerprint density at radius 2 is 1.97 bits per heavy atom. The van der Waals surface area contributed by atoms with Gasteiger partial charge in [0.25, 0.3) is 5.91 Å². The number of amidine groups is 2. The van der Waals surface area contributed by atoms with E-state index in [0.29, 0.717) is 16.1 Å². The van der Waals surface area contributed by atoms with Crippen LogP contribution in [0.4, 0.5) is 0 Å². The fraction of sp³-hybridized carbons (Fsp3) is 0.304. The predicted molar refractivity (Wildman–Crippen MR) is 129 cm³/mol. The molecule has 2 aliphatic heterocycles. The number of aliphatic imine (C=N–C) groups is 1. The number of nitrogens with one attached hydrogen (secondary N) is 1. The molecule has 0 radical (unpaired) electrons. The van der Waals surface area contributed by atoms with Crippen LogP contribution in [-0.4, -0.2) is 31.5 Å². The molecule has 4 rings (SSSR count). The van der Waals surface area contributed by atoms with Gasteiger partial charge in [0.2, 0.25) is 5.17 Å². The molecule has 8 heteroatoms. The number of thioether (sulfide) groups is 1. The highest BCUT2D eigenvalue weighted by Crippen LogP contribution is 2.32. The third-order valence-corrected chi connectivity index (χ3v) is 6.41. The molecular weight excluding hydrogens is 430 g/mol. The van der Waals surface area contributed by atoms with Gasteiger partial charge in [-0.2, -0.15) is 15.1 Å². The van der Waals surface area contributed by atoms with Crippen LogP contribution in [0.25, 0.3) is 11.8 Å². The van der Waals surface area contributed by atoms with Crippen molar-refractivity contribution in [2.24, 2.45) is 16.0 Å². The monoisotopic (exact) mass is 453 g/mol. The molecule has 0 unspecified atom stereocenters. The smallest absolute Gasteiger partial charge is 0.283 e. The van der Waals surface area contributed by atoms with E-state index >= 15 is 0 Å². The lowest BCUT2D eigenvalue weighted by molar-refractivity contribution is -0.114. The molecule has 0 bridgehead atoms. The second-order valence-electron chi connectivity index (χ2n) is 8.20. The van der Waals surface area contributed by atoms with Crippen LogP contribution < -0.4 is 0 Å². The van der Waals surface area contributed by atoms with E-state index in [9.17, 15) is 4.79 Å². The summed E-state index contributed by atoms with van der Waals surface area (Å²) in [4.78, 5) is 16.9. The SMILES string of the molecule is Cc1cc(Cl)ccc1-n1c(C)cc(/C=C2/C(=N)N3N=C(CC(C)C)SC3=NC2=O)c1C. The summed E-state index contributed by atoms with van der Waals surface area (Å²) in [5.74, 6) is 0.0979. The van der Waals surface area contributed by atoms with Crippen LogP contribution in [0.1, 0.15) is 42.8 Å². The quantitative estimate of drug-likeness (QED) is 0.601. The molecule has 0 atom stereocenters. The summed E-state index contributed by atoms with van der Waals surface area (Å²) >= 11 is 7.49. The van der Waals surface area contributed by atoms with Gasteiger partial charge >= 0.3 is 0 Å². The molecule has 0 fully saturated rings. The van der Waals surface area contributed by atoms with Crippen molar-refractivity contribution < 1.29 is 4.79 Å². The molecule has 0 spiro atoms. The number of rotatable bonds is 4. The van der Waals surface area contributed by atoms with Crippen molar-refractivity contribution >= 4 is 51.4 Å². The highest BCUT2D eigenvalue weighted by atomic mass is 35.5. The molecule has 0 saturated carbocycles. The maximum Gasteiger partial charge on any atom is 0.283 e. The van der Waals surface area contributed by atoms with E-state index in [1.807, 2.05) is 45.0 Å². The van der Waals surface area contributed by atoms with E-state index in [-0.39, 0.29) is 11.4 Å². The number of hydrogen-bond donors (Lipinski definition) is 1. The van der Waals surface area contributed by atoms with Crippen LogP contribution in [-0.2, 0) is 4.79 Å². The minimum absolute atomic E-state index is 0.0636. The summed E-state index contributed by atoms with van der Waals surface area (Å²) < 4.78 is 2.13. The number of hydrogen-bond acceptors (Lipinski definition) is 4. The van der Waals surface area contributed by atoms with E-state index in [0.717, 1.165) is 39.7 Å². The van der Waals surface area contributed by atoms with Gasteiger partial charge in [-0.05, 0) is 79.9 Å². The Balaban J connectivity index is 1.72. The minimum Gasteiger partial charge on any atom is -0.318 e. The number of halogens is 1. The Kier molecular flexibility index (Phi) is 5.66. The van der Waals surface area contributed by atoms with Crippen molar-refractivity contribution in [2.75, 3.05) is 0 Å². The van der Waals surface area contributed by atoms with E-state index in [4.69, 9.17) is 17.0 Å². The predicted octanol–water partition coefficient (Wildman–Crippen LogP) is 5.72. The van der Waals surface area contributed by atoms with Crippen LogP contribution in [0, 0.1) is 32.1 Å². The second kappa shape index (κ2) is 8.13. The fourth-order valence-corrected chi connectivity index (χ4v) is 5.12. The molecular formula is C23H24ClN5OS. The molecule has 0 saturated heterocycles. The normalized spacial score (nSPS) is 17.5. The summed E-state index contributed by atoms with van der Waals surface area (Å²) in [5, 5.41) is 16.6. The molecule has 2 aliphatic rings. The first-order valence-electron chi connectivity index (χ1n) is 10.1. The molecule has 0 aliphatic carbocycles. The van der Waals surface area contributed by atoms with Gasteiger partial charge in [0.1, 0.15) is 5.04 Å². The maximum atomic E-state index is 12.7. The maximum absolute atomic E-state index is 12.7. The van der Waals surface area contributed by atoms with Crippen molar-refractivity contribution in [3.8, 4) is 5.69 Å². The first kappa shape index (κ1) is 21.6. The Morgan fingerprint density at radius 3 is 2.65 bits per heavy atom. The molecule has 6 nitrogen and oxygen atoms in total.